The van der Waals surface area contributed by atoms with E-state index in [-0.39, 0.29) is 5.75 Å². The number of aromatic nitrogens is 1. The van der Waals surface area contributed by atoms with Crippen molar-refractivity contribution in [3.8, 4) is 0 Å². The summed E-state index contributed by atoms with van der Waals surface area (Å²) in [7, 11) is -1.74. The van der Waals surface area contributed by atoms with Crippen molar-refractivity contribution in [3.05, 3.63) is 17.5 Å². The van der Waals surface area contributed by atoms with Crippen LogP contribution in [0.1, 0.15) is 11.5 Å². The van der Waals surface area contributed by atoms with Crippen molar-refractivity contribution >= 4 is 10.0 Å². The van der Waals surface area contributed by atoms with Gasteiger partial charge in [-0.25, -0.2) is 13.1 Å². The monoisotopic (exact) mass is 277 g/mol. The normalized spacial score (nSPS) is 11.9. The Morgan fingerprint density at radius 3 is 2.78 bits per heavy atom. The summed E-state index contributed by atoms with van der Waals surface area (Å²) in [5.41, 5.74) is 0.410. The molecule has 1 aromatic heterocycles. The molecule has 0 spiro atoms. The number of sulfonamides is 1. The molecule has 0 aromatic carbocycles. The maximum atomic E-state index is 11.7. The first-order valence-electron chi connectivity index (χ1n) is 5.62. The van der Waals surface area contributed by atoms with Crippen LogP contribution in [0.5, 0.6) is 0 Å². The highest BCUT2D eigenvalue weighted by Gasteiger charge is 2.13. The Kier molecular flexibility index (Phi) is 6.27. The Bertz CT molecular complexity index is 444. The highest BCUT2D eigenvalue weighted by Crippen LogP contribution is 2.05. The van der Waals surface area contributed by atoms with Gasteiger partial charge in [-0.3, -0.25) is 0 Å². The van der Waals surface area contributed by atoms with Crippen molar-refractivity contribution in [3.63, 3.8) is 0 Å². The minimum absolute atomic E-state index is 0.164. The summed E-state index contributed by atoms with van der Waals surface area (Å²) >= 11 is 0. The fourth-order valence-electron chi connectivity index (χ4n) is 1.33. The summed E-state index contributed by atoms with van der Waals surface area (Å²) in [5.74, 6) is 0.434. The highest BCUT2D eigenvalue weighted by molar-refractivity contribution is 7.88. The number of nitrogens with zero attached hydrogens (tertiary/aromatic N) is 1. The first-order valence-corrected chi connectivity index (χ1v) is 7.28. The Morgan fingerprint density at radius 1 is 1.39 bits per heavy atom. The molecular formula is C10H19N3O4S. The molecule has 0 aliphatic rings. The van der Waals surface area contributed by atoms with Crippen molar-refractivity contribution in [1.29, 1.82) is 0 Å². The molecule has 2 N–H and O–H groups in total. The first kappa shape index (κ1) is 15.1. The van der Waals surface area contributed by atoms with Crippen LogP contribution >= 0.6 is 0 Å². The van der Waals surface area contributed by atoms with Gasteiger partial charge in [0, 0.05) is 32.8 Å². The number of rotatable bonds is 9. The molecule has 0 saturated carbocycles. The lowest BCUT2D eigenvalue weighted by atomic mass is 10.4. The molecule has 104 valence electrons. The van der Waals surface area contributed by atoms with Gasteiger partial charge in [-0.05, 0) is 6.92 Å². The van der Waals surface area contributed by atoms with Gasteiger partial charge in [0.15, 0.2) is 0 Å². The average Bonchev–Trinajstić information content (AvgIpc) is 2.68. The largest absolute Gasteiger partial charge is 0.383 e. The molecule has 0 bridgehead atoms. The van der Waals surface area contributed by atoms with Crippen LogP contribution in [-0.4, -0.2) is 46.9 Å². The summed E-state index contributed by atoms with van der Waals surface area (Å²) in [4.78, 5) is 0. The van der Waals surface area contributed by atoms with Gasteiger partial charge in [0.25, 0.3) is 0 Å². The summed E-state index contributed by atoms with van der Waals surface area (Å²) in [6, 6.07) is 1.61. The third-order valence-electron chi connectivity index (χ3n) is 2.12. The van der Waals surface area contributed by atoms with Crippen molar-refractivity contribution < 1.29 is 17.7 Å². The second kappa shape index (κ2) is 7.47. The van der Waals surface area contributed by atoms with Gasteiger partial charge in [-0.15, -0.1) is 0 Å². The predicted octanol–water partition coefficient (Wildman–Crippen LogP) is -0.362. The number of hydrogen-bond donors (Lipinski definition) is 2. The standard InChI is InChI=1S/C10H19N3O4S/c1-9-7-10(13-17-9)8-18(14,15)12-4-3-11-5-6-16-2/h7,11-12H,3-6,8H2,1-2H3. The smallest absolute Gasteiger partial charge is 0.217 e. The summed E-state index contributed by atoms with van der Waals surface area (Å²) in [6.07, 6.45) is 0. The lowest BCUT2D eigenvalue weighted by Gasteiger charge is -2.06. The van der Waals surface area contributed by atoms with Crippen molar-refractivity contribution in [2.75, 3.05) is 33.4 Å². The maximum absolute atomic E-state index is 11.7. The van der Waals surface area contributed by atoms with Crippen LogP contribution in [0.2, 0.25) is 0 Å². The quantitative estimate of drug-likeness (QED) is 0.599. The van der Waals surface area contributed by atoms with Crippen LogP contribution in [-0.2, 0) is 20.5 Å². The van der Waals surface area contributed by atoms with E-state index in [1.165, 1.54) is 0 Å². The molecule has 1 rings (SSSR count). The van der Waals surface area contributed by atoms with E-state index >= 15 is 0 Å². The van der Waals surface area contributed by atoms with Crippen molar-refractivity contribution in [1.82, 2.24) is 15.2 Å². The molecule has 1 heterocycles. The van der Waals surface area contributed by atoms with Crippen LogP contribution in [0.25, 0.3) is 0 Å². The molecule has 0 unspecified atom stereocenters. The highest BCUT2D eigenvalue weighted by atomic mass is 32.2. The molecule has 7 nitrogen and oxygen atoms in total. The molecule has 0 aliphatic carbocycles. The second-order valence-corrected chi connectivity index (χ2v) is 5.63. The molecule has 0 amide bonds. The van der Waals surface area contributed by atoms with E-state index in [2.05, 4.69) is 15.2 Å². The Hall–Kier alpha value is -0.960. The summed E-state index contributed by atoms with van der Waals surface area (Å²) in [6.45, 7) is 3.91. The number of methoxy groups -OCH3 is 1. The van der Waals surface area contributed by atoms with Crippen LogP contribution in [0.15, 0.2) is 10.6 Å². The van der Waals surface area contributed by atoms with Gasteiger partial charge in [0.1, 0.15) is 17.2 Å². The molecule has 0 saturated heterocycles. The van der Waals surface area contributed by atoms with Gasteiger partial charge >= 0.3 is 0 Å². The SMILES string of the molecule is COCCNCCNS(=O)(=O)Cc1cc(C)on1. The minimum atomic E-state index is -3.36. The second-order valence-electron chi connectivity index (χ2n) is 3.83. The minimum Gasteiger partial charge on any atom is -0.383 e. The summed E-state index contributed by atoms with van der Waals surface area (Å²) < 4.78 is 35.4. The fourth-order valence-corrected chi connectivity index (χ4v) is 2.37. The van der Waals surface area contributed by atoms with Gasteiger partial charge in [0.2, 0.25) is 10.0 Å². The van der Waals surface area contributed by atoms with Gasteiger partial charge in [0.05, 0.1) is 6.61 Å². The van der Waals surface area contributed by atoms with E-state index < -0.39 is 10.0 Å². The third-order valence-corrected chi connectivity index (χ3v) is 3.44. The molecule has 0 fully saturated rings. The van der Waals surface area contributed by atoms with Gasteiger partial charge < -0.3 is 14.6 Å². The lowest BCUT2D eigenvalue weighted by molar-refractivity contribution is 0.199. The van der Waals surface area contributed by atoms with E-state index in [0.717, 1.165) is 0 Å². The molecule has 0 aliphatic heterocycles. The van der Waals surface area contributed by atoms with Crippen LogP contribution in [0, 0.1) is 6.92 Å². The Morgan fingerprint density at radius 2 is 2.17 bits per heavy atom. The van der Waals surface area contributed by atoms with Gasteiger partial charge in [-0.2, -0.15) is 0 Å². The molecular weight excluding hydrogens is 258 g/mol. The third kappa shape index (κ3) is 6.10. The number of ether oxygens (including phenoxy) is 1. The topological polar surface area (TPSA) is 93.5 Å². The number of hydrogen-bond acceptors (Lipinski definition) is 6. The van der Waals surface area contributed by atoms with E-state index in [1.807, 2.05) is 0 Å². The lowest BCUT2D eigenvalue weighted by Crippen LogP contribution is -2.33. The molecule has 1 aromatic rings. The van der Waals surface area contributed by atoms with Crippen molar-refractivity contribution in [2.24, 2.45) is 0 Å². The molecule has 0 radical (unpaired) electrons. The van der Waals surface area contributed by atoms with E-state index in [9.17, 15) is 8.42 Å². The zero-order valence-electron chi connectivity index (χ0n) is 10.6. The van der Waals surface area contributed by atoms with E-state index in [0.29, 0.717) is 37.7 Å². The predicted molar refractivity (Wildman–Crippen MR) is 66.6 cm³/mol. The maximum Gasteiger partial charge on any atom is 0.217 e. The number of aryl methyl sites for hydroxylation is 1. The zero-order valence-corrected chi connectivity index (χ0v) is 11.4. The molecule has 8 heteroatoms. The van der Waals surface area contributed by atoms with Crippen LogP contribution in [0.3, 0.4) is 0 Å². The van der Waals surface area contributed by atoms with E-state index in [1.54, 1.807) is 20.1 Å². The Labute approximate surface area is 107 Å². The first-order chi connectivity index (χ1) is 8.53. The zero-order chi connectivity index (χ0) is 13.4. The van der Waals surface area contributed by atoms with Crippen LogP contribution in [0.4, 0.5) is 0 Å². The van der Waals surface area contributed by atoms with Crippen molar-refractivity contribution in [2.45, 2.75) is 12.7 Å². The van der Waals surface area contributed by atoms with Gasteiger partial charge in [-0.1, -0.05) is 5.16 Å². The molecule has 0 atom stereocenters. The van der Waals surface area contributed by atoms with Crippen LogP contribution < -0.4 is 10.0 Å². The van der Waals surface area contributed by atoms with E-state index in [4.69, 9.17) is 9.26 Å². The summed E-state index contributed by atoms with van der Waals surface area (Å²) in [5, 5.41) is 6.68. The Balaban J connectivity index is 2.23. The molecule has 18 heavy (non-hydrogen) atoms. The fraction of sp³-hybridized carbons (Fsp3) is 0.700. The average molecular weight is 277 g/mol. The number of nitrogens with one attached hydrogen (secondary N) is 2.